The minimum atomic E-state index is -0.317. The van der Waals surface area contributed by atoms with Crippen molar-refractivity contribution in [1.82, 2.24) is 0 Å². The predicted molar refractivity (Wildman–Crippen MR) is 69.1 cm³/mol. The fourth-order valence-corrected chi connectivity index (χ4v) is 1.94. The highest BCUT2D eigenvalue weighted by atomic mass is 32.2. The van der Waals surface area contributed by atoms with E-state index in [1.165, 1.54) is 0 Å². The van der Waals surface area contributed by atoms with Crippen molar-refractivity contribution in [3.8, 4) is 24.7 Å². The molecule has 0 aromatic carbocycles. The Morgan fingerprint density at radius 2 is 1.86 bits per heavy atom. The lowest BCUT2D eigenvalue weighted by molar-refractivity contribution is 0.579. The molecule has 0 spiro atoms. The van der Waals surface area contributed by atoms with Gasteiger partial charge in [-0.05, 0) is 27.7 Å². The van der Waals surface area contributed by atoms with Crippen molar-refractivity contribution in [3.63, 3.8) is 0 Å². The molecule has 0 aliphatic carbocycles. The Hall–Kier alpha value is -0.180. The van der Waals surface area contributed by atoms with Gasteiger partial charge in [0.25, 0.3) is 0 Å². The van der Waals surface area contributed by atoms with Gasteiger partial charge in [-0.1, -0.05) is 18.5 Å². The fourth-order valence-electron chi connectivity index (χ4n) is 0.642. The molecule has 0 aliphatic heterocycles. The van der Waals surface area contributed by atoms with Gasteiger partial charge >= 0.3 is 0 Å². The quantitative estimate of drug-likeness (QED) is 0.659. The molecule has 14 heavy (non-hydrogen) atoms. The van der Waals surface area contributed by atoms with Crippen molar-refractivity contribution < 1.29 is 0 Å². The van der Waals surface area contributed by atoms with Crippen LogP contribution in [0.1, 0.15) is 27.7 Å². The Balaban J connectivity index is 4.29. The lowest BCUT2D eigenvalue weighted by Gasteiger charge is -2.28. The maximum absolute atomic E-state index is 5.43. The zero-order valence-corrected chi connectivity index (χ0v) is 10.9. The largest absolute Gasteiger partial charge is 0.141 e. The summed E-state index contributed by atoms with van der Waals surface area (Å²) in [6.07, 6.45) is 10.8. The first kappa shape index (κ1) is 13.8. The summed E-state index contributed by atoms with van der Waals surface area (Å²) in [7, 11) is 0. The highest BCUT2D eigenvalue weighted by Gasteiger charge is 2.29. The third kappa shape index (κ3) is 4.36. The Labute approximate surface area is 98.0 Å². The maximum Gasteiger partial charge on any atom is 0.0821 e. The number of hydrogen-bond donors (Lipinski definition) is 0. The molecule has 2 unspecified atom stereocenters. The number of thioether (sulfide) groups is 1. The van der Waals surface area contributed by atoms with E-state index >= 15 is 0 Å². The van der Waals surface area contributed by atoms with Crippen LogP contribution in [0, 0.1) is 36.0 Å². The van der Waals surface area contributed by atoms with E-state index in [1.54, 1.807) is 11.8 Å². The smallest absolute Gasteiger partial charge is 0.0821 e. The van der Waals surface area contributed by atoms with Crippen molar-refractivity contribution in [1.29, 1.82) is 0 Å². The van der Waals surface area contributed by atoms with Gasteiger partial charge in [-0.15, -0.1) is 30.5 Å². The summed E-state index contributed by atoms with van der Waals surface area (Å²) in [5, 5.41) is 0. The van der Waals surface area contributed by atoms with Gasteiger partial charge in [-0.25, -0.2) is 0 Å². The zero-order valence-electron chi connectivity index (χ0n) is 9.26. The van der Waals surface area contributed by atoms with E-state index in [4.69, 9.17) is 25.5 Å². The number of rotatable bonds is 4. The minimum Gasteiger partial charge on any atom is -0.141 e. The van der Waals surface area contributed by atoms with E-state index in [0.29, 0.717) is 0 Å². The molecular formula is C12H17S2. The van der Waals surface area contributed by atoms with Crippen LogP contribution in [0.2, 0.25) is 0 Å². The average Bonchev–Trinajstić information content (AvgIpc) is 2.14. The molecule has 0 aromatic rings. The third-order valence-corrected chi connectivity index (χ3v) is 4.65. The van der Waals surface area contributed by atoms with E-state index < -0.39 is 0 Å². The van der Waals surface area contributed by atoms with Crippen molar-refractivity contribution >= 4 is 24.4 Å². The van der Waals surface area contributed by atoms with Gasteiger partial charge in [-0.3, -0.25) is 0 Å². The van der Waals surface area contributed by atoms with Crippen LogP contribution in [0.4, 0.5) is 0 Å². The Kier molecular flexibility index (Phi) is 4.99. The first-order chi connectivity index (χ1) is 6.25. The molecule has 0 saturated heterocycles. The molecule has 0 nitrogen and oxygen atoms in total. The molecule has 0 aromatic heterocycles. The van der Waals surface area contributed by atoms with Crippen molar-refractivity contribution in [2.75, 3.05) is 5.75 Å². The Morgan fingerprint density at radius 1 is 1.36 bits per heavy atom. The summed E-state index contributed by atoms with van der Waals surface area (Å²) >= 11 is 7.11. The van der Waals surface area contributed by atoms with E-state index in [1.807, 2.05) is 27.7 Å². The normalized spacial score (nSPS) is 17.6. The van der Waals surface area contributed by atoms with Gasteiger partial charge in [0.15, 0.2) is 0 Å². The summed E-state index contributed by atoms with van der Waals surface area (Å²) in [5.74, 6) is 6.36. The topological polar surface area (TPSA) is 0 Å². The Bertz CT molecular complexity index is 263. The fraction of sp³-hybridized carbons (Fsp3) is 0.667. The summed E-state index contributed by atoms with van der Waals surface area (Å²) in [6.45, 7) is 8.03. The van der Waals surface area contributed by atoms with Crippen molar-refractivity contribution in [3.05, 3.63) is 0 Å². The van der Waals surface area contributed by atoms with Crippen LogP contribution in [0.15, 0.2) is 0 Å². The van der Waals surface area contributed by atoms with Crippen LogP contribution < -0.4 is 0 Å². The molecular weight excluding hydrogens is 208 g/mol. The SMILES string of the molecule is C#CC(C)C(C)([S])SCC(C)(C)C#C. The lowest BCUT2D eigenvalue weighted by Crippen LogP contribution is -2.24. The van der Waals surface area contributed by atoms with Crippen LogP contribution >= 0.6 is 24.4 Å². The highest BCUT2D eigenvalue weighted by Crippen LogP contribution is 2.39. The monoisotopic (exact) mass is 225 g/mol. The standard InChI is InChI=1S/C12H17S2/c1-7-10(3)12(6,13)14-9-11(4,5)8-2/h1-2,10H,9H2,3-6H3. The molecule has 0 fully saturated rings. The maximum atomic E-state index is 5.43. The highest BCUT2D eigenvalue weighted by molar-refractivity contribution is 8.11. The van der Waals surface area contributed by atoms with Crippen LogP contribution in [-0.2, 0) is 0 Å². The zero-order chi connectivity index (χ0) is 11.4. The second kappa shape index (κ2) is 5.06. The molecule has 0 saturated carbocycles. The predicted octanol–water partition coefficient (Wildman–Crippen LogP) is 3.56. The summed E-state index contributed by atoms with van der Waals surface area (Å²) in [5.41, 5.74) is -0.112. The molecule has 0 aliphatic rings. The summed E-state index contributed by atoms with van der Waals surface area (Å²) in [4.78, 5) is 0. The van der Waals surface area contributed by atoms with Crippen LogP contribution in [0.25, 0.3) is 0 Å². The van der Waals surface area contributed by atoms with Crippen LogP contribution in [0.5, 0.6) is 0 Å². The molecule has 0 bridgehead atoms. The van der Waals surface area contributed by atoms with Crippen molar-refractivity contribution in [2.24, 2.45) is 11.3 Å². The van der Waals surface area contributed by atoms with E-state index in [9.17, 15) is 0 Å². The summed E-state index contributed by atoms with van der Waals surface area (Å²) < 4.78 is -0.317. The lowest BCUT2D eigenvalue weighted by atomic mass is 9.98. The first-order valence-corrected chi connectivity index (χ1v) is 5.93. The summed E-state index contributed by atoms with van der Waals surface area (Å²) in [6, 6.07) is 0. The second-order valence-corrected chi connectivity index (χ2v) is 6.75. The molecule has 0 heterocycles. The van der Waals surface area contributed by atoms with E-state index in [0.717, 1.165) is 5.75 Å². The first-order valence-electron chi connectivity index (χ1n) is 4.53. The minimum absolute atomic E-state index is 0.0797. The van der Waals surface area contributed by atoms with Crippen LogP contribution in [-0.4, -0.2) is 9.83 Å². The third-order valence-electron chi connectivity index (χ3n) is 2.15. The molecule has 2 heteroatoms. The van der Waals surface area contributed by atoms with Gasteiger partial charge in [0.2, 0.25) is 0 Å². The van der Waals surface area contributed by atoms with Gasteiger partial charge in [0.05, 0.1) is 4.08 Å². The van der Waals surface area contributed by atoms with Crippen LogP contribution in [0.3, 0.4) is 0 Å². The van der Waals surface area contributed by atoms with E-state index in [-0.39, 0.29) is 15.4 Å². The van der Waals surface area contributed by atoms with Gasteiger partial charge in [0.1, 0.15) is 0 Å². The number of hydrogen-bond acceptors (Lipinski definition) is 1. The molecule has 1 radical (unpaired) electrons. The molecule has 2 atom stereocenters. The average molecular weight is 225 g/mol. The van der Waals surface area contributed by atoms with Gasteiger partial charge in [-0.2, -0.15) is 0 Å². The molecule has 0 N–H and O–H groups in total. The second-order valence-electron chi connectivity index (χ2n) is 4.22. The molecule has 0 rings (SSSR count). The number of terminal acetylenes is 2. The van der Waals surface area contributed by atoms with Crippen molar-refractivity contribution in [2.45, 2.75) is 31.8 Å². The van der Waals surface area contributed by atoms with Gasteiger partial charge in [0, 0.05) is 17.1 Å². The molecule has 77 valence electrons. The Morgan fingerprint density at radius 3 is 2.21 bits per heavy atom. The molecule has 0 amide bonds. The van der Waals surface area contributed by atoms with Gasteiger partial charge < -0.3 is 0 Å². The van der Waals surface area contributed by atoms with E-state index in [2.05, 4.69) is 11.8 Å².